The van der Waals surface area contributed by atoms with Gasteiger partial charge in [0.1, 0.15) is 5.82 Å². The molecule has 0 bridgehead atoms. The van der Waals surface area contributed by atoms with Gasteiger partial charge in [0, 0.05) is 64.7 Å². The normalized spacial score (nSPS) is 24.5. The number of rotatable bonds is 5. The first kappa shape index (κ1) is 19.9. The zero-order chi connectivity index (χ0) is 31.7. The minimum Gasteiger partial charge on any atom is -0.349 e. The molecule has 2 aromatic rings. The molecule has 4 rings (SSSR count). The van der Waals surface area contributed by atoms with Gasteiger partial charge in [-0.3, -0.25) is 19.2 Å². The van der Waals surface area contributed by atoms with Crippen LogP contribution in [0.15, 0.2) is 18.3 Å². The lowest BCUT2D eigenvalue weighted by molar-refractivity contribution is -0.137. The Morgan fingerprint density at radius 3 is 2.70 bits per heavy atom. The van der Waals surface area contributed by atoms with Crippen LogP contribution in [0.1, 0.15) is 47.9 Å². The standard InChI is InChI=1S/C24H30ClN7O4S/c1-31(2)24(36)13-4-6-15(27-20(33)21(34)30-19-7-5-14(25)11-26-19)17(10-13)28-22(35)23-29-16-8-9-32(3)12-18(16)37-23/h5,7,11,13,15,17H,4,6,8-10,12H2,1-3H3,(H,27,33)(H,28,35)(H,26,30,34)/t13-,15-,17+/m0/s1/i1D3,2D3. The third kappa shape index (κ3) is 6.62. The second-order valence-electron chi connectivity index (χ2n) is 9.04. The predicted octanol–water partition coefficient (Wildman–Crippen LogP) is 1.29. The van der Waals surface area contributed by atoms with Crippen LogP contribution >= 0.6 is 22.9 Å². The van der Waals surface area contributed by atoms with Crippen molar-refractivity contribution in [1.82, 2.24) is 30.4 Å². The molecule has 1 aliphatic heterocycles. The lowest BCUT2D eigenvalue weighted by Gasteiger charge is -2.37. The van der Waals surface area contributed by atoms with Crippen molar-refractivity contribution in [2.24, 2.45) is 5.92 Å². The first-order chi connectivity index (χ1) is 20.0. The number of aromatic nitrogens is 2. The maximum Gasteiger partial charge on any atom is 0.314 e. The summed E-state index contributed by atoms with van der Waals surface area (Å²) >= 11 is 7.02. The Hall–Kier alpha value is -3.09. The number of carbonyl (C=O) groups is 4. The number of halogens is 1. The molecule has 2 aliphatic rings. The van der Waals surface area contributed by atoms with Gasteiger partial charge >= 0.3 is 11.8 Å². The summed E-state index contributed by atoms with van der Waals surface area (Å²) in [6.07, 6.45) is 1.80. The molecule has 13 heteroatoms. The van der Waals surface area contributed by atoms with Gasteiger partial charge in [-0.2, -0.15) is 0 Å². The lowest BCUT2D eigenvalue weighted by atomic mass is 9.81. The number of likely N-dealkylation sites (N-methyl/N-ethyl adjacent to an activating group) is 1. The van der Waals surface area contributed by atoms with E-state index < -0.39 is 55.6 Å². The van der Waals surface area contributed by atoms with Crippen molar-refractivity contribution in [1.29, 1.82) is 0 Å². The molecule has 0 radical (unpaired) electrons. The second kappa shape index (κ2) is 11.5. The highest BCUT2D eigenvalue weighted by molar-refractivity contribution is 7.13. The molecule has 2 aromatic heterocycles. The van der Waals surface area contributed by atoms with Crippen molar-refractivity contribution in [2.45, 2.75) is 44.3 Å². The van der Waals surface area contributed by atoms with Gasteiger partial charge < -0.3 is 25.8 Å². The number of hydrogen-bond donors (Lipinski definition) is 3. The zero-order valence-corrected chi connectivity index (χ0v) is 21.5. The summed E-state index contributed by atoms with van der Waals surface area (Å²) in [4.78, 5) is 63.2. The molecule has 198 valence electrons. The summed E-state index contributed by atoms with van der Waals surface area (Å²) in [5, 5.41) is 8.20. The Balaban J connectivity index is 1.53. The van der Waals surface area contributed by atoms with Crippen molar-refractivity contribution < 1.29 is 27.4 Å². The molecule has 4 amide bonds. The van der Waals surface area contributed by atoms with E-state index in [0.29, 0.717) is 18.0 Å². The lowest BCUT2D eigenvalue weighted by Crippen LogP contribution is -2.57. The highest BCUT2D eigenvalue weighted by atomic mass is 35.5. The Morgan fingerprint density at radius 1 is 1.16 bits per heavy atom. The molecule has 11 nitrogen and oxygen atoms in total. The van der Waals surface area contributed by atoms with E-state index in [0.717, 1.165) is 17.1 Å². The average Bonchev–Trinajstić information content (AvgIpc) is 3.32. The molecule has 3 atom stereocenters. The third-order valence-electron chi connectivity index (χ3n) is 6.34. The van der Waals surface area contributed by atoms with Gasteiger partial charge in [-0.05, 0) is 38.4 Å². The second-order valence-corrected chi connectivity index (χ2v) is 10.6. The number of nitrogens with zero attached hydrogens (tertiary/aromatic N) is 4. The smallest absolute Gasteiger partial charge is 0.314 e. The van der Waals surface area contributed by atoms with E-state index in [-0.39, 0.29) is 35.0 Å². The average molecular weight is 554 g/mol. The van der Waals surface area contributed by atoms with E-state index in [9.17, 15) is 19.2 Å². The van der Waals surface area contributed by atoms with Gasteiger partial charge in [0.05, 0.1) is 16.8 Å². The largest absolute Gasteiger partial charge is 0.349 e. The Morgan fingerprint density at radius 2 is 1.97 bits per heavy atom. The fraction of sp³-hybridized carbons (Fsp3) is 0.500. The molecule has 0 aromatic carbocycles. The highest BCUT2D eigenvalue weighted by Gasteiger charge is 2.37. The van der Waals surface area contributed by atoms with Crippen molar-refractivity contribution in [2.75, 3.05) is 32.9 Å². The zero-order valence-electron chi connectivity index (χ0n) is 25.9. The molecule has 1 fully saturated rings. The van der Waals surface area contributed by atoms with Crippen molar-refractivity contribution in [3.05, 3.63) is 38.9 Å². The molecule has 1 aliphatic carbocycles. The third-order valence-corrected chi connectivity index (χ3v) is 7.65. The van der Waals surface area contributed by atoms with Gasteiger partial charge in [0.2, 0.25) is 5.91 Å². The molecular formula is C24H30ClN7O4S. The maximum atomic E-state index is 13.3. The number of nitrogens with one attached hydrogen (secondary N) is 3. The summed E-state index contributed by atoms with van der Waals surface area (Å²) in [5.41, 5.74) is 0.813. The van der Waals surface area contributed by atoms with Crippen LogP contribution in [0.2, 0.25) is 5.02 Å². The highest BCUT2D eigenvalue weighted by Crippen LogP contribution is 2.28. The minimum atomic E-state index is -3.23. The number of amides is 4. The SMILES string of the molecule is [2H]C([2H])([2H])N(C(=O)[C@H]1CC[C@H](NC(=O)C(=O)Nc2ccc(Cl)cn2)[C@H](NC(=O)c2nc3c(s2)CN(C)CC3)C1)C([2H])([2H])[2H]. The van der Waals surface area contributed by atoms with Crippen LogP contribution in [0.25, 0.3) is 0 Å². The van der Waals surface area contributed by atoms with Gasteiger partial charge in [-0.1, -0.05) is 11.6 Å². The summed E-state index contributed by atoms with van der Waals surface area (Å²) in [7, 11) is 1.95. The Bertz CT molecular complexity index is 1370. The van der Waals surface area contributed by atoms with Crippen LogP contribution in [0.5, 0.6) is 0 Å². The van der Waals surface area contributed by atoms with Crippen molar-refractivity contribution in [3.63, 3.8) is 0 Å². The van der Waals surface area contributed by atoms with Crippen LogP contribution in [0, 0.1) is 5.92 Å². The van der Waals surface area contributed by atoms with E-state index in [4.69, 9.17) is 19.8 Å². The molecule has 0 spiro atoms. The summed E-state index contributed by atoms with van der Waals surface area (Å²) < 4.78 is 45.7. The van der Waals surface area contributed by atoms with Crippen molar-refractivity contribution >= 4 is 52.4 Å². The summed E-state index contributed by atoms with van der Waals surface area (Å²) in [6, 6.07) is 1.07. The van der Waals surface area contributed by atoms with Gasteiger partial charge in [0.15, 0.2) is 5.01 Å². The first-order valence-corrected chi connectivity index (χ1v) is 12.8. The van der Waals surface area contributed by atoms with Crippen LogP contribution in [-0.4, -0.2) is 83.0 Å². The van der Waals surface area contributed by atoms with Gasteiger partial charge in [0.25, 0.3) is 5.91 Å². The van der Waals surface area contributed by atoms with Gasteiger partial charge in [-0.25, -0.2) is 9.97 Å². The number of pyridine rings is 1. The van der Waals surface area contributed by atoms with Crippen LogP contribution in [0.3, 0.4) is 0 Å². The Labute approximate surface area is 232 Å². The topological polar surface area (TPSA) is 137 Å². The molecule has 3 heterocycles. The number of fused-ring (bicyclic) bond motifs is 1. The maximum absolute atomic E-state index is 13.3. The number of hydrogen-bond acceptors (Lipinski definition) is 8. The van der Waals surface area contributed by atoms with E-state index in [2.05, 4.69) is 30.8 Å². The number of thiazole rings is 1. The molecule has 3 N–H and O–H groups in total. The predicted molar refractivity (Wildman–Crippen MR) is 139 cm³/mol. The fourth-order valence-corrected chi connectivity index (χ4v) is 5.62. The molecule has 0 unspecified atom stereocenters. The monoisotopic (exact) mass is 553 g/mol. The molecule has 37 heavy (non-hydrogen) atoms. The molecule has 1 saturated carbocycles. The first-order valence-electron chi connectivity index (χ1n) is 14.6. The van der Waals surface area contributed by atoms with Gasteiger partial charge in [-0.15, -0.1) is 11.3 Å². The van der Waals surface area contributed by atoms with E-state index in [1.165, 1.54) is 29.7 Å². The van der Waals surface area contributed by atoms with E-state index >= 15 is 0 Å². The summed E-state index contributed by atoms with van der Waals surface area (Å²) in [6.45, 7) is -5.04. The summed E-state index contributed by atoms with van der Waals surface area (Å²) in [5.74, 6) is -4.78. The quantitative estimate of drug-likeness (QED) is 0.474. The minimum absolute atomic E-state index is 0.00292. The Kier molecular flexibility index (Phi) is 6.22. The van der Waals surface area contributed by atoms with E-state index in [1.807, 2.05) is 7.05 Å². The van der Waals surface area contributed by atoms with Crippen LogP contribution in [-0.2, 0) is 27.3 Å². The number of carbonyl (C=O) groups excluding carboxylic acids is 4. The van der Waals surface area contributed by atoms with E-state index in [1.54, 1.807) is 0 Å². The van der Waals surface area contributed by atoms with Crippen LogP contribution < -0.4 is 16.0 Å². The number of anilines is 1. The van der Waals surface area contributed by atoms with Crippen molar-refractivity contribution in [3.8, 4) is 0 Å². The molecule has 0 saturated heterocycles. The molecular weight excluding hydrogens is 518 g/mol. The fourth-order valence-electron chi connectivity index (χ4n) is 4.42. The van der Waals surface area contributed by atoms with Crippen LogP contribution in [0.4, 0.5) is 5.82 Å².